The Labute approximate surface area is 90.3 Å². The lowest BCUT2D eigenvalue weighted by molar-refractivity contribution is -0.137. The highest BCUT2D eigenvalue weighted by atomic mass is 19.1. The van der Waals surface area contributed by atoms with Gasteiger partial charge in [0.15, 0.2) is 0 Å². The number of alkyl halides is 1. The number of unbranched alkanes of at least 4 members (excludes halogenated alkanes) is 5. The summed E-state index contributed by atoms with van der Waals surface area (Å²) >= 11 is 0. The van der Waals surface area contributed by atoms with Crippen LogP contribution in [0.25, 0.3) is 0 Å². The van der Waals surface area contributed by atoms with Crippen LogP contribution in [0.15, 0.2) is 0 Å². The van der Waals surface area contributed by atoms with Crippen molar-refractivity contribution in [3.8, 4) is 0 Å². The molecule has 1 unspecified atom stereocenters. The molecule has 3 nitrogen and oxygen atoms in total. The summed E-state index contributed by atoms with van der Waals surface area (Å²) in [5.74, 6) is -0.735. The van der Waals surface area contributed by atoms with E-state index in [1.165, 1.54) is 0 Å². The SMILES string of the molecule is O=C(O)CCCCCCCCC(O)CF. The molecule has 0 radical (unpaired) electrons. The summed E-state index contributed by atoms with van der Waals surface area (Å²) in [6.45, 7) is -0.654. The summed E-state index contributed by atoms with van der Waals surface area (Å²) in [5.41, 5.74) is 0. The van der Waals surface area contributed by atoms with E-state index in [4.69, 9.17) is 10.2 Å². The molecule has 2 N–H and O–H groups in total. The summed E-state index contributed by atoms with van der Waals surface area (Å²) in [4.78, 5) is 10.2. The van der Waals surface area contributed by atoms with Gasteiger partial charge in [-0.15, -0.1) is 0 Å². The molecule has 90 valence electrons. The largest absolute Gasteiger partial charge is 0.481 e. The third-order valence-electron chi connectivity index (χ3n) is 2.36. The van der Waals surface area contributed by atoms with Crippen molar-refractivity contribution in [2.75, 3.05) is 6.67 Å². The van der Waals surface area contributed by atoms with Crippen LogP contribution in [0.1, 0.15) is 51.4 Å². The number of carboxylic acids is 1. The molecule has 0 aliphatic rings. The molecule has 15 heavy (non-hydrogen) atoms. The number of halogens is 1. The van der Waals surface area contributed by atoms with Gasteiger partial charge in [0, 0.05) is 6.42 Å². The lowest BCUT2D eigenvalue weighted by Crippen LogP contribution is -2.07. The van der Waals surface area contributed by atoms with Crippen LogP contribution in [0.5, 0.6) is 0 Å². The highest BCUT2D eigenvalue weighted by Crippen LogP contribution is 2.09. The number of hydrogen-bond donors (Lipinski definition) is 2. The first-order chi connectivity index (χ1) is 7.16. The monoisotopic (exact) mass is 220 g/mol. The Balaban J connectivity index is 3.02. The molecule has 0 saturated heterocycles. The van der Waals surface area contributed by atoms with Crippen LogP contribution in [-0.2, 0) is 4.79 Å². The van der Waals surface area contributed by atoms with E-state index < -0.39 is 18.7 Å². The molecule has 0 aromatic rings. The van der Waals surface area contributed by atoms with Gasteiger partial charge in [-0.2, -0.15) is 0 Å². The van der Waals surface area contributed by atoms with Crippen LogP contribution >= 0.6 is 0 Å². The predicted molar refractivity (Wildman–Crippen MR) is 56.6 cm³/mol. The van der Waals surface area contributed by atoms with Crippen LogP contribution in [0, 0.1) is 0 Å². The summed E-state index contributed by atoms with van der Waals surface area (Å²) in [6.07, 6.45) is 5.58. The molecule has 0 aromatic carbocycles. The number of rotatable bonds is 10. The fourth-order valence-corrected chi connectivity index (χ4v) is 1.44. The minimum atomic E-state index is -0.794. The minimum Gasteiger partial charge on any atom is -0.481 e. The van der Waals surface area contributed by atoms with E-state index in [-0.39, 0.29) is 6.42 Å². The van der Waals surface area contributed by atoms with E-state index in [0.717, 1.165) is 38.5 Å². The van der Waals surface area contributed by atoms with Crippen molar-refractivity contribution in [2.24, 2.45) is 0 Å². The van der Waals surface area contributed by atoms with Crippen LogP contribution in [0.3, 0.4) is 0 Å². The molecular formula is C11H21FO3. The van der Waals surface area contributed by atoms with Crippen molar-refractivity contribution >= 4 is 5.97 Å². The topological polar surface area (TPSA) is 57.5 Å². The third-order valence-corrected chi connectivity index (χ3v) is 2.36. The second kappa shape index (κ2) is 9.90. The number of aliphatic hydroxyl groups excluding tert-OH is 1. The summed E-state index contributed by atoms with van der Waals surface area (Å²) in [7, 11) is 0. The van der Waals surface area contributed by atoms with Gasteiger partial charge < -0.3 is 10.2 Å². The highest BCUT2D eigenvalue weighted by Gasteiger charge is 2.01. The van der Waals surface area contributed by atoms with Crippen LogP contribution in [-0.4, -0.2) is 29.0 Å². The number of hydrogen-bond acceptors (Lipinski definition) is 2. The van der Waals surface area contributed by atoms with E-state index in [1.54, 1.807) is 0 Å². The number of carbonyl (C=O) groups is 1. The van der Waals surface area contributed by atoms with Gasteiger partial charge in [0.2, 0.25) is 0 Å². The molecule has 0 rings (SSSR count). The maximum atomic E-state index is 11.8. The van der Waals surface area contributed by atoms with Gasteiger partial charge >= 0.3 is 5.97 Å². The van der Waals surface area contributed by atoms with E-state index >= 15 is 0 Å². The fourth-order valence-electron chi connectivity index (χ4n) is 1.44. The molecule has 0 aliphatic heterocycles. The second-order valence-electron chi connectivity index (χ2n) is 3.86. The highest BCUT2D eigenvalue weighted by molar-refractivity contribution is 5.66. The van der Waals surface area contributed by atoms with Gasteiger partial charge in [-0.05, 0) is 12.8 Å². The summed E-state index contributed by atoms with van der Waals surface area (Å²) < 4.78 is 11.8. The van der Waals surface area contributed by atoms with Crippen LogP contribution < -0.4 is 0 Å². The molecule has 0 saturated carbocycles. The average Bonchev–Trinajstić information content (AvgIpc) is 2.21. The van der Waals surface area contributed by atoms with Gasteiger partial charge in [0.25, 0.3) is 0 Å². The molecular weight excluding hydrogens is 199 g/mol. The third kappa shape index (κ3) is 11.3. The van der Waals surface area contributed by atoms with Gasteiger partial charge in [0.05, 0.1) is 6.10 Å². The fraction of sp³-hybridized carbons (Fsp3) is 0.909. The zero-order chi connectivity index (χ0) is 11.5. The van der Waals surface area contributed by atoms with Gasteiger partial charge in [-0.3, -0.25) is 4.79 Å². The predicted octanol–water partition coefficient (Wildman–Crippen LogP) is 2.52. The number of carboxylic acid groups (broad SMARTS) is 1. The smallest absolute Gasteiger partial charge is 0.303 e. The minimum absolute atomic E-state index is 0.251. The van der Waals surface area contributed by atoms with Gasteiger partial charge in [-0.25, -0.2) is 4.39 Å². The van der Waals surface area contributed by atoms with E-state index in [1.807, 2.05) is 0 Å². The summed E-state index contributed by atoms with van der Waals surface area (Å²) in [5, 5.41) is 17.3. The van der Waals surface area contributed by atoms with Crippen molar-refractivity contribution in [2.45, 2.75) is 57.5 Å². The first-order valence-electron chi connectivity index (χ1n) is 5.62. The maximum absolute atomic E-state index is 11.8. The lowest BCUT2D eigenvalue weighted by Gasteiger charge is -2.04. The van der Waals surface area contributed by atoms with Crippen LogP contribution in [0.4, 0.5) is 4.39 Å². The van der Waals surface area contributed by atoms with Gasteiger partial charge in [0.1, 0.15) is 6.67 Å². The molecule has 0 amide bonds. The van der Waals surface area contributed by atoms with Crippen molar-refractivity contribution in [1.29, 1.82) is 0 Å². The molecule has 0 fully saturated rings. The Bertz CT molecular complexity index is 162. The van der Waals surface area contributed by atoms with Crippen LogP contribution in [0.2, 0.25) is 0 Å². The first-order valence-corrected chi connectivity index (χ1v) is 5.62. The quantitative estimate of drug-likeness (QED) is 0.556. The maximum Gasteiger partial charge on any atom is 0.303 e. The Morgan fingerprint density at radius 3 is 2.13 bits per heavy atom. The standard InChI is InChI=1S/C11H21FO3/c12-9-10(13)7-5-3-1-2-4-6-8-11(14)15/h10,13H,1-9H2,(H,14,15). The zero-order valence-electron chi connectivity index (χ0n) is 9.12. The second-order valence-corrected chi connectivity index (χ2v) is 3.86. The van der Waals surface area contributed by atoms with Gasteiger partial charge in [-0.1, -0.05) is 32.1 Å². The summed E-state index contributed by atoms with van der Waals surface area (Å²) in [6, 6.07) is 0. The number of aliphatic hydroxyl groups is 1. The average molecular weight is 220 g/mol. The zero-order valence-corrected chi connectivity index (χ0v) is 9.12. The Kier molecular flexibility index (Phi) is 9.48. The van der Waals surface area contributed by atoms with Crippen molar-refractivity contribution in [3.63, 3.8) is 0 Å². The van der Waals surface area contributed by atoms with E-state index in [0.29, 0.717) is 6.42 Å². The van der Waals surface area contributed by atoms with Crippen molar-refractivity contribution < 1.29 is 19.4 Å². The molecule has 4 heteroatoms. The molecule has 0 heterocycles. The molecule has 1 atom stereocenters. The Hall–Kier alpha value is -0.640. The lowest BCUT2D eigenvalue weighted by atomic mass is 10.1. The molecule has 0 bridgehead atoms. The van der Waals surface area contributed by atoms with Crippen molar-refractivity contribution in [3.05, 3.63) is 0 Å². The van der Waals surface area contributed by atoms with Crippen molar-refractivity contribution in [1.82, 2.24) is 0 Å². The first kappa shape index (κ1) is 14.4. The molecule has 0 aliphatic carbocycles. The Morgan fingerprint density at radius 1 is 1.07 bits per heavy atom. The normalized spacial score (nSPS) is 12.7. The number of aliphatic carboxylic acids is 1. The Morgan fingerprint density at radius 2 is 1.60 bits per heavy atom. The molecule has 0 spiro atoms. The molecule has 0 aromatic heterocycles. The van der Waals surface area contributed by atoms with E-state index in [2.05, 4.69) is 0 Å². The van der Waals surface area contributed by atoms with E-state index in [9.17, 15) is 9.18 Å².